The smallest absolute Gasteiger partial charge is 0.151 e. The fraction of sp³-hybridized carbons (Fsp3) is 0.231. The molecule has 0 aliphatic carbocycles. The Labute approximate surface area is 105 Å². The van der Waals surface area contributed by atoms with Crippen LogP contribution in [-0.4, -0.2) is 17.0 Å². The van der Waals surface area contributed by atoms with Gasteiger partial charge in [0.05, 0.1) is 5.69 Å². The molecule has 0 aliphatic heterocycles. The second kappa shape index (κ2) is 5.55. The zero-order chi connectivity index (χ0) is 13.0. The van der Waals surface area contributed by atoms with Crippen LogP contribution in [0.3, 0.4) is 0 Å². The summed E-state index contributed by atoms with van der Waals surface area (Å²) in [7, 11) is 1.88. The van der Waals surface area contributed by atoms with E-state index in [1.165, 1.54) is 12.1 Å². The lowest BCUT2D eigenvalue weighted by Gasteiger charge is -2.20. The molecule has 1 aromatic carbocycles. The number of rotatable bonds is 4. The van der Waals surface area contributed by atoms with Crippen molar-refractivity contribution >= 4 is 5.82 Å². The van der Waals surface area contributed by atoms with Crippen molar-refractivity contribution in [3.63, 3.8) is 0 Å². The van der Waals surface area contributed by atoms with Gasteiger partial charge in [0.2, 0.25) is 0 Å². The maximum atomic E-state index is 13.1. The lowest BCUT2D eigenvalue weighted by molar-refractivity contribution is 0.625. The molecule has 2 N–H and O–H groups in total. The molecule has 2 rings (SSSR count). The fourth-order valence-corrected chi connectivity index (χ4v) is 1.81. The number of nitrogens with zero attached hydrogens (tertiary/aromatic N) is 3. The van der Waals surface area contributed by atoms with E-state index in [0.717, 1.165) is 17.1 Å². The minimum Gasteiger partial charge on any atom is -0.354 e. The number of hydrogen-bond acceptors (Lipinski definition) is 4. The summed E-state index contributed by atoms with van der Waals surface area (Å²) in [5.41, 5.74) is 7.23. The van der Waals surface area contributed by atoms with Gasteiger partial charge in [-0.3, -0.25) is 4.98 Å². The summed E-state index contributed by atoms with van der Waals surface area (Å²) in [5, 5.41) is 0. The van der Waals surface area contributed by atoms with Gasteiger partial charge in [0, 0.05) is 32.5 Å². The summed E-state index contributed by atoms with van der Waals surface area (Å²) >= 11 is 0. The second-order valence-electron chi connectivity index (χ2n) is 4.02. The SMILES string of the molecule is CN(Cc1cccc(F)c1)c1nccnc1CN. The second-order valence-corrected chi connectivity index (χ2v) is 4.02. The molecule has 0 saturated heterocycles. The van der Waals surface area contributed by atoms with E-state index >= 15 is 0 Å². The predicted molar refractivity (Wildman–Crippen MR) is 68.4 cm³/mol. The third-order valence-electron chi connectivity index (χ3n) is 2.62. The minimum absolute atomic E-state index is 0.237. The van der Waals surface area contributed by atoms with Gasteiger partial charge in [0.15, 0.2) is 5.82 Å². The molecule has 94 valence electrons. The summed E-state index contributed by atoms with van der Waals surface area (Å²) < 4.78 is 13.1. The van der Waals surface area contributed by atoms with Gasteiger partial charge in [-0.05, 0) is 17.7 Å². The molecule has 4 nitrogen and oxygen atoms in total. The molecule has 0 bridgehead atoms. The molecule has 1 aromatic heterocycles. The first-order valence-corrected chi connectivity index (χ1v) is 5.66. The van der Waals surface area contributed by atoms with Gasteiger partial charge in [-0.2, -0.15) is 0 Å². The Balaban J connectivity index is 2.19. The molecule has 0 saturated carbocycles. The monoisotopic (exact) mass is 246 g/mol. The van der Waals surface area contributed by atoms with Gasteiger partial charge < -0.3 is 10.6 Å². The van der Waals surface area contributed by atoms with Crippen LogP contribution in [0.25, 0.3) is 0 Å². The molecule has 0 amide bonds. The number of nitrogens with two attached hydrogens (primary N) is 1. The maximum absolute atomic E-state index is 13.1. The Morgan fingerprint density at radius 2 is 2.06 bits per heavy atom. The molecule has 0 unspecified atom stereocenters. The van der Waals surface area contributed by atoms with Crippen LogP contribution in [0.5, 0.6) is 0 Å². The van der Waals surface area contributed by atoms with Gasteiger partial charge in [-0.25, -0.2) is 9.37 Å². The Morgan fingerprint density at radius 3 is 2.78 bits per heavy atom. The molecule has 0 radical (unpaired) electrons. The number of halogens is 1. The van der Waals surface area contributed by atoms with Crippen molar-refractivity contribution in [1.82, 2.24) is 9.97 Å². The molecule has 5 heteroatoms. The highest BCUT2D eigenvalue weighted by atomic mass is 19.1. The van der Waals surface area contributed by atoms with E-state index in [9.17, 15) is 4.39 Å². The van der Waals surface area contributed by atoms with Gasteiger partial charge in [0.1, 0.15) is 5.82 Å². The van der Waals surface area contributed by atoms with Crippen molar-refractivity contribution in [2.45, 2.75) is 13.1 Å². The molecule has 2 aromatic rings. The first-order chi connectivity index (χ1) is 8.70. The first-order valence-electron chi connectivity index (χ1n) is 5.66. The van der Waals surface area contributed by atoms with E-state index in [0.29, 0.717) is 13.1 Å². The average Bonchev–Trinajstić information content (AvgIpc) is 2.38. The quantitative estimate of drug-likeness (QED) is 0.892. The molecule has 1 heterocycles. The molecule has 0 atom stereocenters. The first kappa shape index (κ1) is 12.4. The van der Waals surface area contributed by atoms with Gasteiger partial charge >= 0.3 is 0 Å². The molecule has 18 heavy (non-hydrogen) atoms. The minimum atomic E-state index is -0.237. The standard InChI is InChI=1S/C13H15FN4/c1-18(9-10-3-2-4-11(14)7-10)13-12(8-15)16-5-6-17-13/h2-7H,8-9,15H2,1H3. The van der Waals surface area contributed by atoms with Crippen molar-refractivity contribution in [2.24, 2.45) is 5.73 Å². The number of hydrogen-bond donors (Lipinski definition) is 1. The number of anilines is 1. The largest absolute Gasteiger partial charge is 0.354 e. The van der Waals surface area contributed by atoms with Gasteiger partial charge in [0.25, 0.3) is 0 Å². The highest BCUT2D eigenvalue weighted by molar-refractivity contribution is 5.42. The van der Waals surface area contributed by atoms with Crippen LogP contribution in [0.1, 0.15) is 11.3 Å². The van der Waals surface area contributed by atoms with Crippen molar-refractivity contribution in [1.29, 1.82) is 0 Å². The molecular weight excluding hydrogens is 231 g/mol. The van der Waals surface area contributed by atoms with Gasteiger partial charge in [-0.15, -0.1) is 0 Å². The van der Waals surface area contributed by atoms with Crippen LogP contribution in [0.4, 0.5) is 10.2 Å². The van der Waals surface area contributed by atoms with E-state index in [-0.39, 0.29) is 5.82 Å². The van der Waals surface area contributed by atoms with Crippen LogP contribution in [-0.2, 0) is 13.1 Å². The van der Waals surface area contributed by atoms with Crippen molar-refractivity contribution in [2.75, 3.05) is 11.9 Å². The lowest BCUT2D eigenvalue weighted by atomic mass is 10.2. The van der Waals surface area contributed by atoms with Crippen LogP contribution in [0.2, 0.25) is 0 Å². The van der Waals surface area contributed by atoms with E-state index in [1.54, 1.807) is 18.5 Å². The van der Waals surface area contributed by atoms with Crippen molar-refractivity contribution < 1.29 is 4.39 Å². The van der Waals surface area contributed by atoms with E-state index < -0.39 is 0 Å². The molecule has 0 aliphatic rings. The Morgan fingerprint density at radius 1 is 1.28 bits per heavy atom. The normalized spacial score (nSPS) is 10.4. The highest BCUT2D eigenvalue weighted by Crippen LogP contribution is 2.16. The van der Waals surface area contributed by atoms with E-state index in [2.05, 4.69) is 9.97 Å². The fourth-order valence-electron chi connectivity index (χ4n) is 1.81. The van der Waals surface area contributed by atoms with E-state index in [1.807, 2.05) is 18.0 Å². The van der Waals surface area contributed by atoms with Crippen molar-refractivity contribution in [3.8, 4) is 0 Å². The Hall–Kier alpha value is -2.01. The summed E-state index contributed by atoms with van der Waals surface area (Å²) in [5.74, 6) is 0.489. The maximum Gasteiger partial charge on any atom is 0.151 e. The summed E-state index contributed by atoms with van der Waals surface area (Å²) in [6, 6.07) is 6.50. The summed E-state index contributed by atoms with van der Waals surface area (Å²) in [4.78, 5) is 10.3. The molecule has 0 fully saturated rings. The highest BCUT2D eigenvalue weighted by Gasteiger charge is 2.09. The Bertz CT molecular complexity index is 530. The number of aromatic nitrogens is 2. The topological polar surface area (TPSA) is 55.0 Å². The third kappa shape index (κ3) is 2.81. The van der Waals surface area contributed by atoms with Crippen LogP contribution in [0.15, 0.2) is 36.7 Å². The van der Waals surface area contributed by atoms with Crippen LogP contribution < -0.4 is 10.6 Å². The average molecular weight is 246 g/mol. The molecular formula is C13H15FN4. The summed E-state index contributed by atoms with van der Waals surface area (Å²) in [6.45, 7) is 0.889. The lowest BCUT2D eigenvalue weighted by Crippen LogP contribution is -2.21. The molecule has 0 spiro atoms. The van der Waals surface area contributed by atoms with Crippen LogP contribution in [0, 0.1) is 5.82 Å². The number of benzene rings is 1. The zero-order valence-corrected chi connectivity index (χ0v) is 10.2. The third-order valence-corrected chi connectivity index (χ3v) is 2.62. The predicted octanol–water partition coefficient (Wildman–Crippen LogP) is 1.71. The Kier molecular flexibility index (Phi) is 3.84. The zero-order valence-electron chi connectivity index (χ0n) is 10.2. The summed E-state index contributed by atoms with van der Waals surface area (Å²) in [6.07, 6.45) is 3.23. The van der Waals surface area contributed by atoms with Crippen LogP contribution >= 0.6 is 0 Å². The van der Waals surface area contributed by atoms with E-state index in [4.69, 9.17) is 5.73 Å². The van der Waals surface area contributed by atoms with Gasteiger partial charge in [-0.1, -0.05) is 12.1 Å². The van der Waals surface area contributed by atoms with Crippen molar-refractivity contribution in [3.05, 3.63) is 53.7 Å².